The van der Waals surface area contributed by atoms with E-state index in [9.17, 15) is 18.4 Å². The monoisotopic (exact) mass is 299 g/mol. The number of hydrogen-bond acceptors (Lipinski definition) is 3. The van der Waals surface area contributed by atoms with Crippen molar-refractivity contribution in [2.75, 3.05) is 26.8 Å². The van der Waals surface area contributed by atoms with E-state index in [0.29, 0.717) is 0 Å². The molecular formula is C14H15F2NO4. The number of aliphatic carboxylic acids is 1. The van der Waals surface area contributed by atoms with Gasteiger partial charge in [-0.3, -0.25) is 9.59 Å². The van der Waals surface area contributed by atoms with Crippen LogP contribution in [0.3, 0.4) is 0 Å². The summed E-state index contributed by atoms with van der Waals surface area (Å²) < 4.78 is 32.1. The number of amides is 1. The summed E-state index contributed by atoms with van der Waals surface area (Å²) in [6.07, 6.45) is 0. The van der Waals surface area contributed by atoms with Crippen molar-refractivity contribution in [1.82, 2.24) is 4.90 Å². The summed E-state index contributed by atoms with van der Waals surface area (Å²) in [6, 6.07) is 2.51. The number of ether oxygens (including phenoxy) is 1. The third-order valence-corrected chi connectivity index (χ3v) is 3.65. The Morgan fingerprint density at radius 3 is 2.48 bits per heavy atom. The first-order valence-corrected chi connectivity index (χ1v) is 6.28. The van der Waals surface area contributed by atoms with Crippen LogP contribution in [0.4, 0.5) is 8.78 Å². The Morgan fingerprint density at radius 1 is 1.33 bits per heavy atom. The normalized spacial score (nSPS) is 16.5. The number of carboxylic acids is 1. The van der Waals surface area contributed by atoms with Crippen LogP contribution in [-0.4, -0.2) is 48.7 Å². The van der Waals surface area contributed by atoms with E-state index in [1.165, 1.54) is 31.1 Å². The van der Waals surface area contributed by atoms with Crippen molar-refractivity contribution in [2.24, 2.45) is 5.41 Å². The summed E-state index contributed by atoms with van der Waals surface area (Å²) in [5.74, 6) is -4.08. The molecule has 1 aromatic carbocycles. The lowest BCUT2D eigenvalue weighted by Gasteiger charge is -2.46. The maximum Gasteiger partial charge on any atom is 0.315 e. The summed E-state index contributed by atoms with van der Waals surface area (Å²) in [5.41, 5.74) is -1.47. The number of methoxy groups -OCH3 is 1. The van der Waals surface area contributed by atoms with Crippen LogP contribution >= 0.6 is 0 Å². The van der Waals surface area contributed by atoms with Crippen LogP contribution < -0.4 is 0 Å². The van der Waals surface area contributed by atoms with Crippen LogP contribution in [0, 0.1) is 24.0 Å². The molecule has 1 heterocycles. The van der Waals surface area contributed by atoms with E-state index in [2.05, 4.69) is 0 Å². The van der Waals surface area contributed by atoms with Crippen molar-refractivity contribution in [1.29, 1.82) is 0 Å². The van der Waals surface area contributed by atoms with Gasteiger partial charge in [-0.1, -0.05) is 6.07 Å². The molecule has 0 unspecified atom stereocenters. The summed E-state index contributed by atoms with van der Waals surface area (Å²) in [4.78, 5) is 24.5. The molecule has 0 radical (unpaired) electrons. The van der Waals surface area contributed by atoms with Crippen LogP contribution in [-0.2, 0) is 9.53 Å². The molecule has 0 aliphatic carbocycles. The van der Waals surface area contributed by atoms with Gasteiger partial charge in [0.1, 0.15) is 5.41 Å². The minimum Gasteiger partial charge on any atom is -0.481 e. The SMILES string of the molecule is COCC1(C(=O)O)CN(C(=O)c2ccc(C)c(F)c2F)C1. The minimum absolute atomic E-state index is 0.0448. The van der Waals surface area contributed by atoms with Crippen molar-refractivity contribution < 1.29 is 28.2 Å². The molecule has 5 nitrogen and oxygen atoms in total. The summed E-state index contributed by atoms with van der Waals surface area (Å²) in [6.45, 7) is 1.16. The molecule has 1 aliphatic rings. The molecule has 1 fully saturated rings. The molecule has 1 amide bonds. The Labute approximate surface area is 120 Å². The number of aryl methyl sites for hydroxylation is 1. The highest BCUT2D eigenvalue weighted by Crippen LogP contribution is 2.33. The summed E-state index contributed by atoms with van der Waals surface area (Å²) >= 11 is 0. The summed E-state index contributed by atoms with van der Waals surface area (Å²) in [7, 11) is 1.37. The quantitative estimate of drug-likeness (QED) is 0.913. The van der Waals surface area contributed by atoms with Crippen LogP contribution in [0.1, 0.15) is 15.9 Å². The molecule has 0 spiro atoms. The molecule has 21 heavy (non-hydrogen) atoms. The van der Waals surface area contributed by atoms with E-state index >= 15 is 0 Å². The van der Waals surface area contributed by atoms with Crippen molar-refractivity contribution in [3.8, 4) is 0 Å². The number of carboxylic acid groups (broad SMARTS) is 1. The third-order valence-electron chi connectivity index (χ3n) is 3.65. The number of nitrogens with zero attached hydrogens (tertiary/aromatic N) is 1. The Bertz CT molecular complexity index is 597. The van der Waals surface area contributed by atoms with Gasteiger partial charge in [-0.25, -0.2) is 8.78 Å². The Kier molecular flexibility index (Phi) is 3.95. The van der Waals surface area contributed by atoms with E-state index < -0.39 is 34.5 Å². The minimum atomic E-state index is -1.21. The predicted molar refractivity (Wildman–Crippen MR) is 68.9 cm³/mol. The molecule has 1 saturated heterocycles. The maximum absolute atomic E-state index is 13.8. The van der Waals surface area contributed by atoms with Crippen LogP contribution in [0.5, 0.6) is 0 Å². The Balaban J connectivity index is 2.18. The number of rotatable bonds is 4. The topological polar surface area (TPSA) is 66.8 Å². The molecule has 114 valence electrons. The highest BCUT2D eigenvalue weighted by Gasteiger charge is 2.52. The fraction of sp³-hybridized carbons (Fsp3) is 0.429. The molecule has 0 saturated carbocycles. The van der Waals surface area contributed by atoms with E-state index in [4.69, 9.17) is 9.84 Å². The first kappa shape index (κ1) is 15.4. The molecule has 2 rings (SSSR count). The van der Waals surface area contributed by atoms with Crippen LogP contribution in [0.2, 0.25) is 0 Å². The van der Waals surface area contributed by atoms with E-state index in [0.717, 1.165) is 0 Å². The smallest absolute Gasteiger partial charge is 0.315 e. The number of carbonyl (C=O) groups excluding carboxylic acids is 1. The Morgan fingerprint density at radius 2 is 1.95 bits per heavy atom. The number of halogens is 2. The van der Waals surface area contributed by atoms with Gasteiger partial charge in [-0.05, 0) is 18.6 Å². The highest BCUT2D eigenvalue weighted by atomic mass is 19.2. The second-order valence-electron chi connectivity index (χ2n) is 5.24. The van der Waals surface area contributed by atoms with Gasteiger partial charge in [-0.15, -0.1) is 0 Å². The second-order valence-corrected chi connectivity index (χ2v) is 5.24. The van der Waals surface area contributed by atoms with Gasteiger partial charge in [-0.2, -0.15) is 0 Å². The zero-order valence-electron chi connectivity index (χ0n) is 11.7. The average Bonchev–Trinajstić information content (AvgIpc) is 2.39. The largest absolute Gasteiger partial charge is 0.481 e. The zero-order chi connectivity index (χ0) is 15.8. The average molecular weight is 299 g/mol. The lowest BCUT2D eigenvalue weighted by atomic mass is 9.80. The number of likely N-dealkylation sites (tertiary alicyclic amines) is 1. The van der Waals surface area contributed by atoms with E-state index in [-0.39, 0.29) is 25.3 Å². The first-order valence-electron chi connectivity index (χ1n) is 6.28. The predicted octanol–water partition coefficient (Wildman–Crippen LogP) is 1.45. The van der Waals surface area contributed by atoms with Gasteiger partial charge < -0.3 is 14.7 Å². The van der Waals surface area contributed by atoms with Crippen molar-refractivity contribution >= 4 is 11.9 Å². The van der Waals surface area contributed by atoms with Gasteiger partial charge in [0, 0.05) is 20.2 Å². The Hall–Kier alpha value is -2.02. The van der Waals surface area contributed by atoms with Crippen LogP contribution in [0.15, 0.2) is 12.1 Å². The molecule has 1 N–H and O–H groups in total. The van der Waals surface area contributed by atoms with Gasteiger partial charge in [0.05, 0.1) is 12.2 Å². The van der Waals surface area contributed by atoms with Gasteiger partial charge in [0.25, 0.3) is 5.91 Å². The standard InChI is InChI=1S/C14H15F2NO4/c1-8-3-4-9(11(16)10(8)15)12(18)17-5-14(6-17,7-21-2)13(19)20/h3-4H,5-7H2,1-2H3,(H,19,20). The van der Waals surface area contributed by atoms with Gasteiger partial charge in [0.15, 0.2) is 11.6 Å². The maximum atomic E-state index is 13.8. The second kappa shape index (κ2) is 5.40. The number of hydrogen-bond donors (Lipinski definition) is 1. The van der Waals surface area contributed by atoms with Crippen molar-refractivity contribution in [2.45, 2.75) is 6.92 Å². The van der Waals surface area contributed by atoms with Gasteiger partial charge >= 0.3 is 5.97 Å². The lowest BCUT2D eigenvalue weighted by Crippen LogP contribution is -2.64. The molecule has 0 atom stereocenters. The highest BCUT2D eigenvalue weighted by molar-refractivity contribution is 5.96. The molecule has 1 aliphatic heterocycles. The summed E-state index contributed by atoms with van der Waals surface area (Å²) in [5, 5.41) is 9.17. The fourth-order valence-corrected chi connectivity index (χ4v) is 2.37. The molecule has 0 bridgehead atoms. The number of carbonyl (C=O) groups is 2. The lowest BCUT2D eigenvalue weighted by molar-refractivity contribution is -0.163. The number of benzene rings is 1. The van der Waals surface area contributed by atoms with Crippen molar-refractivity contribution in [3.63, 3.8) is 0 Å². The zero-order valence-corrected chi connectivity index (χ0v) is 11.7. The third kappa shape index (κ3) is 2.49. The molecule has 7 heteroatoms. The van der Waals surface area contributed by atoms with Gasteiger partial charge in [0.2, 0.25) is 0 Å². The van der Waals surface area contributed by atoms with E-state index in [1.807, 2.05) is 0 Å². The fourth-order valence-electron chi connectivity index (χ4n) is 2.37. The first-order chi connectivity index (χ1) is 9.82. The van der Waals surface area contributed by atoms with Crippen molar-refractivity contribution in [3.05, 3.63) is 34.9 Å². The molecular weight excluding hydrogens is 284 g/mol. The molecule has 1 aromatic rings. The van der Waals surface area contributed by atoms with Crippen LogP contribution in [0.25, 0.3) is 0 Å². The van der Waals surface area contributed by atoms with E-state index in [1.54, 1.807) is 0 Å². The molecule has 0 aromatic heterocycles.